The molecule has 0 aliphatic carbocycles. The smallest absolute Gasteiger partial charge is 0.302 e. The van der Waals surface area contributed by atoms with Crippen LogP contribution in [0, 0.1) is 13.8 Å². The average Bonchev–Trinajstić information content (AvgIpc) is 2.90. The largest absolute Gasteiger partial charge is 0.493 e. The van der Waals surface area contributed by atoms with Gasteiger partial charge in [-0.15, -0.1) is 10.2 Å². The zero-order valence-corrected chi connectivity index (χ0v) is 17.8. The second-order valence-electron chi connectivity index (χ2n) is 6.90. The number of hydrogen-bond donors (Lipinski definition) is 1. The lowest BCUT2D eigenvalue weighted by Gasteiger charge is -2.11. The molecule has 0 saturated heterocycles. The minimum atomic E-state index is -0.525. The maximum atomic E-state index is 12.2. The number of carbonyl (C=O) groups excluding carboxylic acids is 1. The molecule has 0 atom stereocenters. The fourth-order valence-corrected chi connectivity index (χ4v) is 3.93. The third-order valence-electron chi connectivity index (χ3n) is 4.40. The van der Waals surface area contributed by atoms with Crippen LogP contribution in [0.2, 0.25) is 0 Å². The van der Waals surface area contributed by atoms with Gasteiger partial charge in [-0.05, 0) is 57.0 Å². The number of benzene rings is 2. The molecule has 1 aromatic heterocycles. The van der Waals surface area contributed by atoms with Gasteiger partial charge in [0.2, 0.25) is 5.88 Å². The molecule has 3 aromatic rings. The molecule has 0 unspecified atom stereocenters. The van der Waals surface area contributed by atoms with Gasteiger partial charge in [-0.2, -0.15) is 0 Å². The van der Waals surface area contributed by atoms with E-state index in [0.717, 1.165) is 26.5 Å². The Bertz CT molecular complexity index is 1050. The fraction of sp³-hybridized carbons (Fsp3) is 0.286. The maximum absolute atomic E-state index is 12.2. The van der Waals surface area contributed by atoms with E-state index >= 15 is 0 Å². The molecule has 28 heavy (non-hydrogen) atoms. The molecule has 0 saturated carbocycles. The molecule has 0 spiro atoms. The highest BCUT2D eigenvalue weighted by atomic mass is 79.9. The van der Waals surface area contributed by atoms with Gasteiger partial charge in [0, 0.05) is 15.9 Å². The van der Waals surface area contributed by atoms with Gasteiger partial charge in [-0.25, -0.2) is 0 Å². The quantitative estimate of drug-likeness (QED) is 0.491. The van der Waals surface area contributed by atoms with Gasteiger partial charge in [0.05, 0.1) is 5.52 Å². The molecule has 2 aromatic carbocycles. The number of amides is 1. The Labute approximate surface area is 172 Å². The summed E-state index contributed by atoms with van der Waals surface area (Å²) in [4.78, 5) is 12.2. The van der Waals surface area contributed by atoms with E-state index in [4.69, 9.17) is 4.74 Å². The second-order valence-corrected chi connectivity index (χ2v) is 7.82. The lowest BCUT2D eigenvalue weighted by atomic mass is 10.1. The number of rotatable bonds is 5. The average molecular weight is 444 g/mol. The van der Waals surface area contributed by atoms with Crippen molar-refractivity contribution in [2.24, 2.45) is 10.2 Å². The highest BCUT2D eigenvalue weighted by molar-refractivity contribution is 9.10. The Morgan fingerprint density at radius 2 is 1.86 bits per heavy atom. The van der Waals surface area contributed by atoms with Gasteiger partial charge in [-0.3, -0.25) is 4.79 Å². The number of fused-ring (bicyclic) bond motifs is 1. The molecule has 0 aliphatic rings. The number of azo groups is 1. The van der Waals surface area contributed by atoms with Crippen LogP contribution in [-0.2, 0) is 4.79 Å². The van der Waals surface area contributed by atoms with Crippen molar-refractivity contribution in [1.82, 2.24) is 4.57 Å². The van der Waals surface area contributed by atoms with Crippen molar-refractivity contribution in [3.05, 3.63) is 52.0 Å². The predicted molar refractivity (Wildman–Crippen MR) is 113 cm³/mol. The first-order chi connectivity index (χ1) is 13.3. The summed E-state index contributed by atoms with van der Waals surface area (Å²) in [6, 6.07) is 11.4. The predicted octanol–water partition coefficient (Wildman–Crippen LogP) is 6.00. The van der Waals surface area contributed by atoms with E-state index in [2.05, 4.69) is 26.2 Å². The van der Waals surface area contributed by atoms with Gasteiger partial charge in [0.1, 0.15) is 5.75 Å². The van der Waals surface area contributed by atoms with Gasteiger partial charge >= 0.3 is 5.91 Å². The summed E-state index contributed by atoms with van der Waals surface area (Å²) in [6.07, 6.45) is 0. The molecule has 1 N–H and O–H groups in total. The van der Waals surface area contributed by atoms with Gasteiger partial charge in [0.25, 0.3) is 0 Å². The highest BCUT2D eigenvalue weighted by Gasteiger charge is 2.18. The summed E-state index contributed by atoms with van der Waals surface area (Å²) < 4.78 is 8.36. The first kappa shape index (κ1) is 20.1. The van der Waals surface area contributed by atoms with E-state index in [1.54, 1.807) is 4.57 Å². The van der Waals surface area contributed by atoms with E-state index in [1.807, 2.05) is 64.1 Å². The van der Waals surface area contributed by atoms with Gasteiger partial charge in [-0.1, -0.05) is 34.1 Å². The monoisotopic (exact) mass is 443 g/mol. The fourth-order valence-electron chi connectivity index (χ4n) is 3.25. The third kappa shape index (κ3) is 3.94. The molecule has 7 heteroatoms. The molecule has 1 amide bonds. The normalized spacial score (nSPS) is 11.6. The van der Waals surface area contributed by atoms with Crippen LogP contribution >= 0.6 is 15.9 Å². The number of aromatic hydroxyl groups is 1. The Kier molecular flexibility index (Phi) is 5.84. The van der Waals surface area contributed by atoms with Crippen molar-refractivity contribution in [1.29, 1.82) is 0 Å². The van der Waals surface area contributed by atoms with Crippen molar-refractivity contribution in [2.45, 2.75) is 33.7 Å². The first-order valence-corrected chi connectivity index (χ1v) is 9.75. The molecule has 0 aliphatic heterocycles. The summed E-state index contributed by atoms with van der Waals surface area (Å²) in [5.41, 5.74) is 2.98. The number of hydrogen-bond acceptors (Lipinski definition) is 4. The molecular formula is C21H22BrN3O3. The number of para-hydroxylation sites is 1. The molecule has 0 bridgehead atoms. The Balaban J connectivity index is 1.81. The lowest BCUT2D eigenvalue weighted by molar-refractivity contribution is -0.120. The molecule has 146 valence electrons. The second kappa shape index (κ2) is 8.14. The van der Waals surface area contributed by atoms with Crippen molar-refractivity contribution >= 4 is 38.4 Å². The molecule has 6 nitrogen and oxygen atoms in total. The molecule has 3 rings (SSSR count). The Hall–Kier alpha value is -2.67. The minimum absolute atomic E-state index is 0.00623. The molecule has 0 fully saturated rings. The number of ether oxygens (including phenoxy) is 1. The third-order valence-corrected chi connectivity index (χ3v) is 4.86. The number of aromatic nitrogens is 1. The molecular weight excluding hydrogens is 422 g/mol. The van der Waals surface area contributed by atoms with Crippen LogP contribution in [0.15, 0.2) is 51.1 Å². The number of carbonyl (C=O) groups is 1. The SMILES string of the molecule is Cc1cc(Br)cc(C)c1OCC(=O)N=Nc1c(O)n(C(C)C)c2ccccc12. The maximum Gasteiger partial charge on any atom is 0.302 e. The van der Waals surface area contributed by atoms with Crippen LogP contribution < -0.4 is 4.74 Å². The number of nitrogens with zero attached hydrogens (tertiary/aromatic N) is 3. The van der Waals surface area contributed by atoms with Crippen LogP contribution in [0.1, 0.15) is 31.0 Å². The van der Waals surface area contributed by atoms with Crippen molar-refractivity contribution in [3.63, 3.8) is 0 Å². The molecule has 1 heterocycles. The Morgan fingerprint density at radius 1 is 1.21 bits per heavy atom. The van der Waals surface area contributed by atoms with Crippen LogP contribution in [0.4, 0.5) is 5.69 Å². The zero-order valence-electron chi connectivity index (χ0n) is 16.2. The lowest BCUT2D eigenvalue weighted by Crippen LogP contribution is -2.09. The van der Waals surface area contributed by atoms with Crippen LogP contribution in [0.25, 0.3) is 10.9 Å². The van der Waals surface area contributed by atoms with Crippen LogP contribution in [0.3, 0.4) is 0 Å². The van der Waals surface area contributed by atoms with Crippen molar-refractivity contribution in [3.8, 4) is 11.6 Å². The van der Waals surface area contributed by atoms with E-state index in [1.165, 1.54) is 0 Å². The van der Waals surface area contributed by atoms with Crippen molar-refractivity contribution in [2.75, 3.05) is 6.61 Å². The first-order valence-electron chi connectivity index (χ1n) is 8.95. The zero-order chi connectivity index (χ0) is 20.4. The molecule has 0 radical (unpaired) electrons. The summed E-state index contributed by atoms with van der Waals surface area (Å²) in [5, 5.41) is 19.1. The van der Waals surface area contributed by atoms with E-state index in [-0.39, 0.29) is 24.2 Å². The summed E-state index contributed by atoms with van der Waals surface area (Å²) >= 11 is 3.43. The van der Waals surface area contributed by atoms with Crippen molar-refractivity contribution < 1.29 is 14.6 Å². The van der Waals surface area contributed by atoms with Gasteiger partial charge < -0.3 is 14.4 Å². The Morgan fingerprint density at radius 3 is 2.50 bits per heavy atom. The minimum Gasteiger partial charge on any atom is -0.493 e. The van der Waals surface area contributed by atoms with E-state index in [9.17, 15) is 9.90 Å². The summed E-state index contributed by atoms with van der Waals surface area (Å²) in [5.74, 6) is 0.127. The van der Waals surface area contributed by atoms with Gasteiger partial charge in [0.15, 0.2) is 12.3 Å². The van der Waals surface area contributed by atoms with Crippen LogP contribution in [-0.4, -0.2) is 22.2 Å². The summed E-state index contributed by atoms with van der Waals surface area (Å²) in [6.45, 7) is 7.54. The number of aryl methyl sites for hydroxylation is 2. The number of halogens is 1. The standard InChI is InChI=1S/C21H22BrN3O3/c1-12(2)25-17-8-6-5-7-16(17)19(21(25)27)24-23-18(26)11-28-20-13(3)9-15(22)10-14(20)4/h5-10,12,27H,11H2,1-4H3. The van der Waals surface area contributed by atoms with E-state index < -0.39 is 5.91 Å². The summed E-state index contributed by atoms with van der Waals surface area (Å²) in [7, 11) is 0. The van der Waals surface area contributed by atoms with E-state index in [0.29, 0.717) is 5.75 Å². The highest BCUT2D eigenvalue weighted by Crippen LogP contribution is 2.40. The topological polar surface area (TPSA) is 76.2 Å². The van der Waals surface area contributed by atoms with Crippen LogP contribution in [0.5, 0.6) is 11.6 Å².